The Bertz CT molecular complexity index is 2730. The molecule has 0 unspecified atom stereocenters. The number of ether oxygens (including phenoxy) is 4. The average molecular weight is 895 g/mol. The van der Waals surface area contributed by atoms with E-state index in [1.807, 2.05) is 18.2 Å². The largest absolute Gasteiger partial charge is 0.482 e. The van der Waals surface area contributed by atoms with Gasteiger partial charge in [-0.3, -0.25) is 4.79 Å². The summed E-state index contributed by atoms with van der Waals surface area (Å²) in [5, 5.41) is 31.5. The zero-order chi connectivity index (χ0) is 46.4. The predicted molar refractivity (Wildman–Crippen MR) is 249 cm³/mol. The van der Waals surface area contributed by atoms with Crippen LogP contribution in [0.15, 0.2) is 105 Å². The van der Waals surface area contributed by atoms with Gasteiger partial charge in [-0.15, -0.1) is 0 Å². The summed E-state index contributed by atoms with van der Waals surface area (Å²) in [6.07, 6.45) is 1.59. The number of hydrogen-bond acceptors (Lipinski definition) is 11. The number of fused-ring (bicyclic) bond motifs is 7. The lowest BCUT2D eigenvalue weighted by molar-refractivity contribution is -0.190. The van der Waals surface area contributed by atoms with E-state index in [0.29, 0.717) is 43.1 Å². The van der Waals surface area contributed by atoms with Crippen molar-refractivity contribution in [2.75, 3.05) is 26.9 Å². The Morgan fingerprint density at radius 1 is 0.879 bits per heavy atom. The lowest BCUT2D eigenvalue weighted by Crippen LogP contribution is -2.54. The number of carbonyl (C=O) groups excluding carboxylic acids is 2. The van der Waals surface area contributed by atoms with Crippen molar-refractivity contribution in [1.29, 1.82) is 0 Å². The van der Waals surface area contributed by atoms with Gasteiger partial charge in [-0.05, 0) is 121 Å². The van der Waals surface area contributed by atoms with Crippen LogP contribution in [0.2, 0.25) is 0 Å². The summed E-state index contributed by atoms with van der Waals surface area (Å²) in [5.74, 6) is 4.92. The van der Waals surface area contributed by atoms with Crippen LogP contribution in [0.4, 0.5) is 0 Å². The molecule has 8 rings (SSSR count). The van der Waals surface area contributed by atoms with E-state index in [1.54, 1.807) is 26.0 Å². The number of methoxy groups -OCH3 is 1. The maximum Gasteiger partial charge on any atom is 0.340 e. The van der Waals surface area contributed by atoms with E-state index in [0.717, 1.165) is 28.7 Å². The van der Waals surface area contributed by atoms with E-state index in [9.17, 15) is 29.7 Å². The van der Waals surface area contributed by atoms with Crippen LogP contribution in [-0.4, -0.2) is 65.9 Å². The van der Waals surface area contributed by atoms with Gasteiger partial charge in [0, 0.05) is 49.0 Å². The minimum absolute atomic E-state index is 0.00592. The molecule has 0 saturated heterocycles. The zero-order valence-electron chi connectivity index (χ0n) is 37.9. The lowest BCUT2D eigenvalue weighted by atomic mass is 9.82. The van der Waals surface area contributed by atoms with E-state index in [2.05, 4.69) is 66.4 Å². The first-order chi connectivity index (χ1) is 32.0. The highest BCUT2D eigenvalue weighted by Crippen LogP contribution is 2.49. The van der Waals surface area contributed by atoms with Crippen molar-refractivity contribution in [3.63, 3.8) is 0 Å². The number of aryl methyl sites for hydroxylation is 2. The van der Waals surface area contributed by atoms with Gasteiger partial charge in [0.15, 0.2) is 17.8 Å². The van der Waals surface area contributed by atoms with E-state index in [1.165, 1.54) is 18.2 Å². The molecule has 4 aromatic carbocycles. The molecule has 344 valence electrons. The molecular formula is C55H58O11. The second-order valence-corrected chi connectivity index (χ2v) is 18.1. The summed E-state index contributed by atoms with van der Waals surface area (Å²) in [4.78, 5) is 43.5. The fourth-order valence-corrected chi connectivity index (χ4v) is 9.92. The molecule has 0 spiro atoms. The molecule has 0 aliphatic carbocycles. The van der Waals surface area contributed by atoms with Gasteiger partial charge >= 0.3 is 17.6 Å². The smallest absolute Gasteiger partial charge is 0.340 e. The van der Waals surface area contributed by atoms with E-state index in [-0.39, 0.29) is 85.0 Å². The summed E-state index contributed by atoms with van der Waals surface area (Å²) in [7, 11) is 1.49. The van der Waals surface area contributed by atoms with Crippen molar-refractivity contribution in [1.82, 2.24) is 0 Å². The van der Waals surface area contributed by atoms with Crippen molar-refractivity contribution >= 4 is 22.9 Å². The number of benzene rings is 4. The number of aliphatic hydroxyl groups is 3. The molecule has 66 heavy (non-hydrogen) atoms. The van der Waals surface area contributed by atoms with Gasteiger partial charge in [0.05, 0.1) is 31.8 Å². The summed E-state index contributed by atoms with van der Waals surface area (Å²) < 4.78 is 31.5. The Morgan fingerprint density at radius 2 is 1.68 bits per heavy atom. The highest BCUT2D eigenvalue weighted by molar-refractivity contribution is 5.90. The number of rotatable bonds is 12. The first-order valence-corrected chi connectivity index (χ1v) is 22.9. The third-order valence-electron chi connectivity index (χ3n) is 13.5. The zero-order valence-corrected chi connectivity index (χ0v) is 37.9. The number of aliphatic hydroxyl groups excluding tert-OH is 3. The summed E-state index contributed by atoms with van der Waals surface area (Å²) in [5.41, 5.74) is 5.92. The molecular weight excluding hydrogens is 837 g/mol. The first-order valence-electron chi connectivity index (χ1n) is 22.9. The van der Waals surface area contributed by atoms with Crippen molar-refractivity contribution in [2.45, 2.75) is 108 Å². The topological polar surface area (TPSA) is 162 Å². The van der Waals surface area contributed by atoms with E-state index >= 15 is 0 Å². The molecule has 5 aromatic rings. The highest BCUT2D eigenvalue weighted by Gasteiger charge is 2.53. The molecule has 1 aromatic heterocycles. The molecule has 3 N–H and O–H groups in total. The van der Waals surface area contributed by atoms with Crippen LogP contribution >= 0.6 is 0 Å². The maximum absolute atomic E-state index is 14.8. The van der Waals surface area contributed by atoms with Gasteiger partial charge in [0.25, 0.3) is 0 Å². The molecule has 3 aliphatic heterocycles. The molecule has 0 fully saturated rings. The Balaban J connectivity index is 1.26. The molecule has 0 amide bonds. The fourth-order valence-electron chi connectivity index (χ4n) is 9.92. The average Bonchev–Trinajstić information content (AvgIpc) is 3.30. The minimum atomic E-state index is -1.39. The molecule has 5 bridgehead atoms. The van der Waals surface area contributed by atoms with Crippen molar-refractivity contribution in [3.05, 3.63) is 157 Å². The van der Waals surface area contributed by atoms with Gasteiger partial charge in [-0.2, -0.15) is 0 Å². The number of esters is 2. The first kappa shape index (κ1) is 46.5. The quantitative estimate of drug-likeness (QED) is 0.0487. The van der Waals surface area contributed by atoms with Crippen LogP contribution in [-0.2, 0) is 62.5 Å². The van der Waals surface area contributed by atoms with Crippen LogP contribution in [0.25, 0.3) is 11.0 Å². The molecule has 5 atom stereocenters. The van der Waals surface area contributed by atoms with E-state index in [4.69, 9.17) is 23.4 Å². The van der Waals surface area contributed by atoms with E-state index < -0.39 is 47.9 Å². The Morgan fingerprint density at radius 3 is 2.45 bits per heavy atom. The van der Waals surface area contributed by atoms with Gasteiger partial charge in [-0.25, -0.2) is 9.59 Å². The SMILES string of the molecule is COC[C@@H](CCO)c1c(CO)c2ccc3c(c2oc1=O)[C@H]1OC(=O)C[C@@H](CCc2cccc(Cc4ccccc4)c2)Cc2ccc4cc2CC#CC[C@@](C)(O3)[C@H]1OC(=O)/C(=C(/C)CO)CC4. The van der Waals surface area contributed by atoms with Crippen LogP contribution in [0.5, 0.6) is 5.75 Å². The summed E-state index contributed by atoms with van der Waals surface area (Å²) in [6.45, 7) is 2.38. The summed E-state index contributed by atoms with van der Waals surface area (Å²) in [6, 6.07) is 28.6. The lowest BCUT2D eigenvalue weighted by Gasteiger charge is -2.44. The minimum Gasteiger partial charge on any atom is -0.482 e. The Kier molecular flexibility index (Phi) is 14.5. The molecule has 11 heteroatoms. The molecule has 4 heterocycles. The molecule has 11 nitrogen and oxygen atoms in total. The predicted octanol–water partition coefficient (Wildman–Crippen LogP) is 7.72. The normalized spacial score (nSPS) is 21.9. The molecule has 3 aliphatic rings. The maximum atomic E-state index is 14.8. The standard InChI is InChI=1S/C55H58O11/c1-34(31-57)43-20-18-37-17-19-41-29-39(16-15-36-12-9-13-38(27-36)26-35-10-5-4-6-11-35)30-47(59)63-51-49-46(66-55(2,52(51)65-53(43)60)24-8-7-14-40(41)28-37)22-21-44-45(32-58)48(54(61)64-50(44)49)42(23-25-56)33-62-3/h4-6,9-13,17,19,21-22,27-28,39,42,51-52,56-58H,14-16,18,20,23-26,29-33H2,1-3H3/b43-34-/t39-,42+,51+,52-,55+/m0/s1. The van der Waals surface area contributed by atoms with Crippen molar-refractivity contribution in [2.24, 2.45) is 5.92 Å². The monoisotopic (exact) mass is 894 g/mol. The van der Waals surface area contributed by atoms with Gasteiger partial charge in [-0.1, -0.05) is 84.6 Å². The van der Waals surface area contributed by atoms with Gasteiger partial charge in [0.1, 0.15) is 11.3 Å². The third-order valence-corrected chi connectivity index (χ3v) is 13.5. The van der Waals surface area contributed by atoms with Crippen molar-refractivity contribution < 1.29 is 48.3 Å². The second-order valence-electron chi connectivity index (χ2n) is 18.1. The second kappa shape index (κ2) is 20.6. The van der Waals surface area contributed by atoms with Gasteiger partial charge < -0.3 is 38.7 Å². The van der Waals surface area contributed by atoms with Crippen molar-refractivity contribution in [3.8, 4) is 17.6 Å². The highest BCUT2D eigenvalue weighted by atomic mass is 16.6. The molecule has 0 radical (unpaired) electrons. The molecule has 0 saturated carbocycles. The fraction of sp³-hybridized carbons (Fsp3) is 0.400. The van der Waals surface area contributed by atoms with Crippen LogP contribution < -0.4 is 10.4 Å². The van der Waals surface area contributed by atoms with Crippen LogP contribution in [0.1, 0.15) is 108 Å². The Labute approximate surface area is 385 Å². The number of hydrogen-bond donors (Lipinski definition) is 3. The Hall–Kier alpha value is -6.03. The van der Waals surface area contributed by atoms with Crippen LogP contribution in [0, 0.1) is 17.8 Å². The number of carbonyl (C=O) groups is 2. The third kappa shape index (κ3) is 10.0. The summed E-state index contributed by atoms with van der Waals surface area (Å²) >= 11 is 0. The van der Waals surface area contributed by atoms with Crippen LogP contribution in [0.3, 0.4) is 0 Å². The van der Waals surface area contributed by atoms with Gasteiger partial charge in [0.2, 0.25) is 0 Å².